The Hall–Kier alpha value is -2.32. The van der Waals surface area contributed by atoms with Crippen LogP contribution in [0.3, 0.4) is 0 Å². The average molecular weight is 377 g/mol. The number of ether oxygens (including phenoxy) is 2. The molecule has 0 amide bonds. The minimum absolute atomic E-state index is 0.0978. The fourth-order valence-corrected chi connectivity index (χ4v) is 4.08. The van der Waals surface area contributed by atoms with Crippen molar-refractivity contribution in [3.8, 4) is 5.75 Å². The molecule has 1 saturated heterocycles. The van der Waals surface area contributed by atoms with E-state index < -0.39 is 10.0 Å². The normalized spacial score (nSPS) is 17.1. The van der Waals surface area contributed by atoms with Crippen LogP contribution in [0.15, 0.2) is 41.4 Å². The van der Waals surface area contributed by atoms with Crippen molar-refractivity contribution < 1.29 is 17.9 Å². The van der Waals surface area contributed by atoms with E-state index in [9.17, 15) is 8.42 Å². The van der Waals surface area contributed by atoms with Crippen molar-refractivity contribution in [2.45, 2.75) is 30.8 Å². The molecule has 1 atom stereocenters. The zero-order chi connectivity index (χ0) is 18.6. The molecule has 26 heavy (non-hydrogen) atoms. The molecule has 1 aliphatic rings. The molecule has 0 bridgehead atoms. The van der Waals surface area contributed by atoms with Gasteiger partial charge in [-0.1, -0.05) is 6.07 Å². The van der Waals surface area contributed by atoms with Crippen LogP contribution in [0.25, 0.3) is 0 Å². The summed E-state index contributed by atoms with van der Waals surface area (Å²) in [5.41, 5.74) is 1.22. The summed E-state index contributed by atoms with van der Waals surface area (Å²) < 4.78 is 38.6. The lowest BCUT2D eigenvalue weighted by Gasteiger charge is -2.13. The number of nitrogens with zero attached hydrogens (tertiary/aromatic N) is 1. The van der Waals surface area contributed by atoms with Crippen LogP contribution in [-0.4, -0.2) is 39.8 Å². The predicted molar refractivity (Wildman–Crippen MR) is 100 cm³/mol. The monoisotopic (exact) mass is 377 g/mol. The molecule has 0 spiro atoms. The number of hydrogen-bond acceptors (Lipinski definition) is 6. The lowest BCUT2D eigenvalue weighted by Crippen LogP contribution is -2.19. The molecule has 2 heterocycles. The third-order valence-electron chi connectivity index (χ3n) is 4.16. The molecule has 0 radical (unpaired) electrons. The second-order valence-corrected chi connectivity index (χ2v) is 7.86. The van der Waals surface area contributed by atoms with Crippen molar-refractivity contribution in [1.29, 1.82) is 0 Å². The maximum atomic E-state index is 12.7. The van der Waals surface area contributed by atoms with Crippen molar-refractivity contribution in [3.63, 3.8) is 0 Å². The van der Waals surface area contributed by atoms with Crippen molar-refractivity contribution in [2.24, 2.45) is 0 Å². The largest absolute Gasteiger partial charge is 0.495 e. The van der Waals surface area contributed by atoms with Crippen LogP contribution in [0.1, 0.15) is 18.4 Å². The van der Waals surface area contributed by atoms with Crippen LogP contribution >= 0.6 is 0 Å². The SMILES string of the molecule is COc1ccc(C)cc1S(=O)(=O)Nc1ccc(NCC2CCCO2)nc1. The third kappa shape index (κ3) is 4.44. The standard InChI is InChI=1S/C18H23N3O4S/c1-13-5-7-16(24-2)17(10-13)26(22,23)21-14-6-8-18(19-11-14)20-12-15-4-3-9-25-15/h5-8,10-11,15,21H,3-4,9,12H2,1-2H3,(H,19,20). The molecule has 1 unspecified atom stereocenters. The van der Waals surface area contributed by atoms with Gasteiger partial charge in [0.1, 0.15) is 16.5 Å². The molecule has 1 fully saturated rings. The van der Waals surface area contributed by atoms with Gasteiger partial charge in [0.25, 0.3) is 10.0 Å². The first-order valence-electron chi connectivity index (χ1n) is 8.47. The molecule has 0 aliphatic carbocycles. The van der Waals surface area contributed by atoms with Crippen molar-refractivity contribution >= 4 is 21.5 Å². The van der Waals surface area contributed by atoms with Crippen LogP contribution < -0.4 is 14.8 Å². The second kappa shape index (κ2) is 7.92. The molecule has 0 saturated carbocycles. The Morgan fingerprint density at radius 2 is 2.15 bits per heavy atom. The number of sulfonamides is 1. The van der Waals surface area contributed by atoms with Gasteiger partial charge >= 0.3 is 0 Å². The van der Waals surface area contributed by atoms with E-state index >= 15 is 0 Å². The van der Waals surface area contributed by atoms with Crippen LogP contribution in [0.5, 0.6) is 5.75 Å². The van der Waals surface area contributed by atoms with Gasteiger partial charge in [0.2, 0.25) is 0 Å². The Balaban J connectivity index is 1.68. The number of methoxy groups -OCH3 is 1. The first-order chi connectivity index (χ1) is 12.5. The number of benzene rings is 1. The molecule has 2 N–H and O–H groups in total. The Kier molecular flexibility index (Phi) is 5.63. The van der Waals surface area contributed by atoms with E-state index in [4.69, 9.17) is 9.47 Å². The lowest BCUT2D eigenvalue weighted by atomic mass is 10.2. The number of nitrogens with one attached hydrogen (secondary N) is 2. The minimum Gasteiger partial charge on any atom is -0.495 e. The average Bonchev–Trinajstić information content (AvgIpc) is 3.14. The van der Waals surface area contributed by atoms with E-state index in [0.29, 0.717) is 23.8 Å². The second-order valence-electron chi connectivity index (χ2n) is 6.21. The zero-order valence-electron chi connectivity index (χ0n) is 14.9. The first kappa shape index (κ1) is 18.5. The molecule has 2 aromatic rings. The summed E-state index contributed by atoms with van der Waals surface area (Å²) in [5, 5.41) is 3.20. The topological polar surface area (TPSA) is 89.6 Å². The van der Waals surface area contributed by atoms with E-state index in [1.54, 1.807) is 30.3 Å². The van der Waals surface area contributed by atoms with Crippen molar-refractivity contribution in [2.75, 3.05) is 30.3 Å². The maximum absolute atomic E-state index is 12.7. The maximum Gasteiger partial charge on any atom is 0.265 e. The number of aryl methyl sites for hydroxylation is 1. The summed E-state index contributed by atoms with van der Waals surface area (Å²) in [6, 6.07) is 8.42. The highest BCUT2D eigenvalue weighted by molar-refractivity contribution is 7.92. The summed E-state index contributed by atoms with van der Waals surface area (Å²) in [4.78, 5) is 4.35. The molecule has 1 aliphatic heterocycles. The van der Waals surface area contributed by atoms with Gasteiger partial charge in [-0.15, -0.1) is 0 Å². The number of hydrogen-bond donors (Lipinski definition) is 2. The Labute approximate surface area is 153 Å². The fraction of sp³-hybridized carbons (Fsp3) is 0.389. The fourth-order valence-electron chi connectivity index (χ4n) is 2.79. The molecule has 7 nitrogen and oxygen atoms in total. The van der Waals surface area contributed by atoms with E-state index in [1.165, 1.54) is 13.3 Å². The van der Waals surface area contributed by atoms with E-state index in [2.05, 4.69) is 15.0 Å². The molecular weight excluding hydrogens is 354 g/mol. The smallest absolute Gasteiger partial charge is 0.265 e. The quantitative estimate of drug-likeness (QED) is 0.771. The van der Waals surface area contributed by atoms with Crippen molar-refractivity contribution in [1.82, 2.24) is 4.98 Å². The highest BCUT2D eigenvalue weighted by Gasteiger charge is 2.20. The van der Waals surface area contributed by atoms with E-state index in [0.717, 1.165) is 25.0 Å². The number of rotatable bonds is 7. The van der Waals surface area contributed by atoms with Gasteiger partial charge in [-0.3, -0.25) is 4.72 Å². The van der Waals surface area contributed by atoms with Gasteiger partial charge in [0, 0.05) is 13.2 Å². The van der Waals surface area contributed by atoms with Crippen LogP contribution in [0.4, 0.5) is 11.5 Å². The summed E-state index contributed by atoms with van der Waals surface area (Å²) in [6.45, 7) is 3.33. The van der Waals surface area contributed by atoms with E-state index in [1.807, 2.05) is 6.92 Å². The van der Waals surface area contributed by atoms with Gasteiger partial charge < -0.3 is 14.8 Å². The molecule has 1 aromatic heterocycles. The van der Waals surface area contributed by atoms with Gasteiger partial charge in [-0.05, 0) is 49.6 Å². The lowest BCUT2D eigenvalue weighted by molar-refractivity contribution is 0.120. The Morgan fingerprint density at radius 3 is 2.81 bits per heavy atom. The molecule has 140 valence electrons. The van der Waals surface area contributed by atoms with Gasteiger partial charge in [0.15, 0.2) is 0 Å². The Morgan fingerprint density at radius 1 is 1.31 bits per heavy atom. The number of aromatic nitrogens is 1. The van der Waals surface area contributed by atoms with Gasteiger partial charge in [-0.2, -0.15) is 0 Å². The zero-order valence-corrected chi connectivity index (χ0v) is 15.7. The molecular formula is C18H23N3O4S. The number of anilines is 2. The van der Waals surface area contributed by atoms with Crippen molar-refractivity contribution in [3.05, 3.63) is 42.1 Å². The molecule has 1 aromatic carbocycles. The number of pyridine rings is 1. The molecule has 8 heteroatoms. The van der Waals surface area contributed by atoms with Gasteiger partial charge in [0.05, 0.1) is 25.1 Å². The summed E-state index contributed by atoms with van der Waals surface area (Å²) in [7, 11) is -2.33. The van der Waals surface area contributed by atoms with Crippen LogP contribution in [0.2, 0.25) is 0 Å². The summed E-state index contributed by atoms with van der Waals surface area (Å²) in [5.74, 6) is 0.975. The van der Waals surface area contributed by atoms with Gasteiger partial charge in [-0.25, -0.2) is 13.4 Å². The van der Waals surface area contributed by atoms with Crippen LogP contribution in [0, 0.1) is 6.92 Å². The minimum atomic E-state index is -3.77. The van der Waals surface area contributed by atoms with Crippen LogP contribution in [-0.2, 0) is 14.8 Å². The highest BCUT2D eigenvalue weighted by atomic mass is 32.2. The molecule has 3 rings (SSSR count). The predicted octanol–water partition coefficient (Wildman–Crippen LogP) is 2.79. The summed E-state index contributed by atoms with van der Waals surface area (Å²) >= 11 is 0. The first-order valence-corrected chi connectivity index (χ1v) is 9.95. The third-order valence-corrected chi connectivity index (χ3v) is 5.56. The Bertz CT molecular complexity index is 847. The highest BCUT2D eigenvalue weighted by Crippen LogP contribution is 2.26. The van der Waals surface area contributed by atoms with E-state index in [-0.39, 0.29) is 11.0 Å². The summed E-state index contributed by atoms with van der Waals surface area (Å²) in [6.07, 6.45) is 3.83.